The highest BCUT2D eigenvalue weighted by Gasteiger charge is 2.35. The number of amides is 1. The van der Waals surface area contributed by atoms with E-state index >= 15 is 0 Å². The zero-order valence-corrected chi connectivity index (χ0v) is 16.3. The highest BCUT2D eigenvalue weighted by molar-refractivity contribution is 7.92. The average molecular weight is 415 g/mol. The van der Waals surface area contributed by atoms with Gasteiger partial charge in [-0.25, -0.2) is 8.42 Å². The van der Waals surface area contributed by atoms with Crippen LogP contribution in [0.1, 0.15) is 5.56 Å². The zero-order valence-electron chi connectivity index (χ0n) is 14.0. The van der Waals surface area contributed by atoms with Gasteiger partial charge in [0.2, 0.25) is 10.0 Å². The number of anilines is 2. The monoisotopic (exact) mass is 414 g/mol. The Bertz CT molecular complexity index is 979. The number of rotatable bonds is 3. The van der Waals surface area contributed by atoms with Crippen molar-refractivity contribution < 1.29 is 17.9 Å². The van der Waals surface area contributed by atoms with Crippen molar-refractivity contribution in [2.45, 2.75) is 13.0 Å². The molecule has 0 aliphatic carbocycles. The lowest BCUT2D eigenvalue weighted by atomic mass is 10.1. The van der Waals surface area contributed by atoms with Gasteiger partial charge < -0.3 is 10.1 Å². The second-order valence-electron chi connectivity index (χ2n) is 5.96. The normalized spacial score (nSPS) is 16.6. The largest absolute Gasteiger partial charge is 0.476 e. The van der Waals surface area contributed by atoms with E-state index in [1.165, 1.54) is 6.07 Å². The summed E-state index contributed by atoms with van der Waals surface area (Å²) >= 11 is 11.9. The molecule has 2 aromatic carbocycles. The Kier molecular flexibility index (Phi) is 5.05. The molecule has 0 saturated heterocycles. The van der Waals surface area contributed by atoms with Crippen LogP contribution in [0.4, 0.5) is 11.4 Å². The van der Waals surface area contributed by atoms with Gasteiger partial charge in [-0.15, -0.1) is 0 Å². The molecule has 1 amide bonds. The number of hydrogen-bond donors (Lipinski definition) is 1. The molecule has 1 heterocycles. The van der Waals surface area contributed by atoms with Crippen molar-refractivity contribution in [2.24, 2.45) is 0 Å². The van der Waals surface area contributed by atoms with Crippen LogP contribution < -0.4 is 14.4 Å². The second-order valence-corrected chi connectivity index (χ2v) is 8.74. The van der Waals surface area contributed by atoms with Gasteiger partial charge in [-0.1, -0.05) is 29.3 Å². The number of sulfonamides is 1. The number of ether oxygens (including phenoxy) is 1. The molecule has 0 radical (unpaired) electrons. The molecule has 138 valence electrons. The van der Waals surface area contributed by atoms with Crippen LogP contribution in [0.2, 0.25) is 10.0 Å². The van der Waals surface area contributed by atoms with Gasteiger partial charge in [0.1, 0.15) is 5.75 Å². The van der Waals surface area contributed by atoms with Crippen molar-refractivity contribution in [2.75, 3.05) is 22.4 Å². The van der Waals surface area contributed by atoms with E-state index in [1.54, 1.807) is 30.3 Å². The molecule has 0 spiro atoms. The van der Waals surface area contributed by atoms with Gasteiger partial charge in [0.15, 0.2) is 6.10 Å². The molecule has 2 aromatic rings. The lowest BCUT2D eigenvalue weighted by Crippen LogP contribution is -2.48. The predicted molar refractivity (Wildman–Crippen MR) is 103 cm³/mol. The van der Waals surface area contributed by atoms with E-state index in [0.717, 1.165) is 16.1 Å². The van der Waals surface area contributed by atoms with Crippen LogP contribution in [0.25, 0.3) is 0 Å². The third-order valence-corrected chi connectivity index (χ3v) is 5.56. The highest BCUT2D eigenvalue weighted by Crippen LogP contribution is 2.37. The lowest BCUT2D eigenvalue weighted by Gasteiger charge is -2.34. The van der Waals surface area contributed by atoms with Crippen LogP contribution in [0.5, 0.6) is 5.75 Å². The van der Waals surface area contributed by atoms with E-state index in [0.29, 0.717) is 21.4 Å². The maximum absolute atomic E-state index is 12.7. The van der Waals surface area contributed by atoms with Gasteiger partial charge >= 0.3 is 0 Å². The Balaban J connectivity index is 1.91. The van der Waals surface area contributed by atoms with E-state index in [2.05, 4.69) is 5.32 Å². The van der Waals surface area contributed by atoms with Crippen molar-refractivity contribution >= 4 is 50.5 Å². The summed E-state index contributed by atoms with van der Waals surface area (Å²) in [4.78, 5) is 12.7. The van der Waals surface area contributed by atoms with Crippen molar-refractivity contribution in [3.63, 3.8) is 0 Å². The van der Waals surface area contributed by atoms with E-state index in [4.69, 9.17) is 27.9 Å². The minimum absolute atomic E-state index is 0.155. The molecular weight excluding hydrogens is 399 g/mol. The first-order valence-corrected chi connectivity index (χ1v) is 10.3. The van der Waals surface area contributed by atoms with Crippen LogP contribution in [0, 0.1) is 6.92 Å². The average Bonchev–Trinajstić information content (AvgIpc) is 2.56. The van der Waals surface area contributed by atoms with Crippen molar-refractivity contribution in [1.82, 2.24) is 0 Å². The molecule has 6 nitrogen and oxygen atoms in total. The van der Waals surface area contributed by atoms with Crippen molar-refractivity contribution in [3.8, 4) is 5.75 Å². The van der Waals surface area contributed by atoms with Gasteiger partial charge in [0.05, 0.1) is 18.5 Å². The van der Waals surface area contributed by atoms with Gasteiger partial charge in [-0.3, -0.25) is 9.10 Å². The van der Waals surface area contributed by atoms with Crippen LogP contribution in [0.15, 0.2) is 36.4 Å². The Morgan fingerprint density at radius 1 is 1.19 bits per heavy atom. The first-order chi connectivity index (χ1) is 12.1. The highest BCUT2D eigenvalue weighted by atomic mass is 35.5. The molecule has 1 atom stereocenters. The zero-order chi connectivity index (χ0) is 19.1. The molecule has 0 unspecified atom stereocenters. The molecule has 0 bridgehead atoms. The number of halogens is 2. The van der Waals surface area contributed by atoms with Crippen LogP contribution >= 0.6 is 23.2 Å². The molecule has 0 saturated carbocycles. The number of nitrogens with zero attached hydrogens (tertiary/aromatic N) is 1. The predicted octanol–water partition coefficient (Wildman–Crippen LogP) is 3.47. The van der Waals surface area contributed by atoms with E-state index in [-0.39, 0.29) is 12.3 Å². The number of nitrogens with one attached hydrogen (secondary N) is 1. The molecule has 0 fully saturated rings. The van der Waals surface area contributed by atoms with Crippen molar-refractivity contribution in [3.05, 3.63) is 52.0 Å². The summed E-state index contributed by atoms with van der Waals surface area (Å²) in [6.07, 6.45) is 0.0517. The number of benzene rings is 2. The first kappa shape index (κ1) is 18.8. The molecule has 1 aliphatic rings. The van der Waals surface area contributed by atoms with E-state index < -0.39 is 22.0 Å². The number of fused-ring (bicyclic) bond motifs is 1. The van der Waals surface area contributed by atoms with Crippen LogP contribution in [-0.2, 0) is 14.8 Å². The number of carbonyl (C=O) groups excluding carboxylic acids is 1. The molecule has 1 aliphatic heterocycles. The summed E-state index contributed by atoms with van der Waals surface area (Å²) in [5, 5.41) is 3.59. The summed E-state index contributed by atoms with van der Waals surface area (Å²) in [6, 6.07) is 9.73. The lowest BCUT2D eigenvalue weighted by molar-refractivity contribution is -0.122. The smallest absolute Gasteiger partial charge is 0.267 e. The Morgan fingerprint density at radius 2 is 1.85 bits per heavy atom. The first-order valence-electron chi connectivity index (χ1n) is 7.66. The number of aryl methyl sites for hydroxylation is 1. The fourth-order valence-corrected chi connectivity index (χ4v) is 3.86. The Labute approximate surface area is 161 Å². The number of hydrogen-bond acceptors (Lipinski definition) is 4. The van der Waals surface area contributed by atoms with E-state index in [9.17, 15) is 13.2 Å². The number of carbonyl (C=O) groups is 1. The minimum Gasteiger partial charge on any atom is -0.476 e. The van der Waals surface area contributed by atoms with Gasteiger partial charge in [-0.2, -0.15) is 0 Å². The van der Waals surface area contributed by atoms with Crippen LogP contribution in [-0.4, -0.2) is 33.2 Å². The Hall–Kier alpha value is -1.96. The summed E-state index contributed by atoms with van der Waals surface area (Å²) in [7, 11) is -3.62. The van der Waals surface area contributed by atoms with Gasteiger partial charge in [0, 0.05) is 15.7 Å². The summed E-state index contributed by atoms with van der Waals surface area (Å²) in [6.45, 7) is 1.67. The molecular formula is C17H16Cl2N2O4S. The fourth-order valence-electron chi connectivity index (χ4n) is 2.62. The third-order valence-electron chi connectivity index (χ3n) is 3.94. The molecule has 9 heteroatoms. The fraction of sp³-hybridized carbons (Fsp3) is 0.235. The molecule has 3 rings (SSSR count). The summed E-state index contributed by atoms with van der Waals surface area (Å²) < 4.78 is 31.2. The van der Waals surface area contributed by atoms with E-state index in [1.807, 2.05) is 6.92 Å². The molecule has 26 heavy (non-hydrogen) atoms. The Morgan fingerprint density at radius 3 is 2.54 bits per heavy atom. The quantitative estimate of drug-likeness (QED) is 0.833. The minimum atomic E-state index is -3.62. The maximum atomic E-state index is 12.7. The van der Waals surface area contributed by atoms with Crippen molar-refractivity contribution in [1.29, 1.82) is 0 Å². The SMILES string of the molecule is Cc1ccc(Cl)cc1NC(=O)[C@@H]1CN(S(C)(=O)=O)c2cc(Cl)ccc2O1. The van der Waals surface area contributed by atoms with Crippen LogP contribution in [0.3, 0.4) is 0 Å². The third kappa shape index (κ3) is 3.90. The summed E-state index contributed by atoms with van der Waals surface area (Å²) in [5.41, 5.74) is 1.67. The molecule has 0 aromatic heterocycles. The second kappa shape index (κ2) is 6.98. The summed E-state index contributed by atoms with van der Waals surface area (Å²) in [5.74, 6) is -0.196. The van der Waals surface area contributed by atoms with Gasteiger partial charge in [0.25, 0.3) is 5.91 Å². The standard InChI is InChI=1S/C17H16Cl2N2O4S/c1-10-3-4-11(18)7-13(10)20-17(22)16-9-21(26(2,23)24)14-8-12(19)5-6-15(14)25-16/h3-8,16H,9H2,1-2H3,(H,20,22)/t16-/m0/s1. The molecule has 1 N–H and O–H groups in total. The maximum Gasteiger partial charge on any atom is 0.267 e. The van der Waals surface area contributed by atoms with Gasteiger partial charge in [-0.05, 0) is 42.8 Å². The topological polar surface area (TPSA) is 75.7 Å².